The zero-order valence-electron chi connectivity index (χ0n) is 10.3. The lowest BCUT2D eigenvalue weighted by Gasteiger charge is -2.15. The van der Waals surface area contributed by atoms with E-state index in [1.54, 1.807) is 0 Å². The van der Waals surface area contributed by atoms with Crippen LogP contribution in [0.15, 0.2) is 6.07 Å². The number of carbonyl (C=O) groups excluding carboxylic acids is 1. The number of hydrogen-bond acceptors (Lipinski definition) is 5. The van der Waals surface area contributed by atoms with Crippen molar-refractivity contribution >= 4 is 11.8 Å². The summed E-state index contributed by atoms with van der Waals surface area (Å²) in [4.78, 5) is 14.6. The van der Waals surface area contributed by atoms with Crippen molar-refractivity contribution in [2.24, 2.45) is 0 Å². The number of halogens is 3. The van der Waals surface area contributed by atoms with Crippen molar-refractivity contribution in [3.63, 3.8) is 0 Å². The summed E-state index contributed by atoms with van der Waals surface area (Å²) >= 11 is 0. The van der Waals surface area contributed by atoms with Gasteiger partial charge in [-0.3, -0.25) is 5.32 Å². The van der Waals surface area contributed by atoms with E-state index in [1.165, 1.54) is 20.1 Å². The Morgan fingerprint density at radius 1 is 1.37 bits per heavy atom. The Bertz CT molecular complexity index is 477. The van der Waals surface area contributed by atoms with E-state index >= 15 is 0 Å². The maximum atomic E-state index is 12.3. The third-order valence-electron chi connectivity index (χ3n) is 1.99. The first-order chi connectivity index (χ1) is 8.76. The number of nitrogens with one attached hydrogen (secondary N) is 1. The Morgan fingerprint density at radius 2 is 2.00 bits per heavy atom. The van der Waals surface area contributed by atoms with Gasteiger partial charge in [0.1, 0.15) is 5.69 Å². The number of pyridine rings is 1. The number of aromatic nitrogens is 1. The number of aryl methyl sites for hydroxylation is 1. The van der Waals surface area contributed by atoms with E-state index < -0.39 is 18.3 Å². The van der Waals surface area contributed by atoms with E-state index in [9.17, 15) is 18.0 Å². The van der Waals surface area contributed by atoms with Gasteiger partial charge in [0.2, 0.25) is 11.8 Å². The SMILES string of the molecule is COC(=O)Nc1c(C)cc(OC)nc1OC(F)(F)F. The molecule has 1 aromatic heterocycles. The highest BCUT2D eigenvalue weighted by Gasteiger charge is 2.34. The van der Waals surface area contributed by atoms with Crippen LogP contribution >= 0.6 is 0 Å². The van der Waals surface area contributed by atoms with Crippen LogP contribution in [0.2, 0.25) is 0 Å². The molecule has 0 fully saturated rings. The number of amides is 1. The normalized spacial score (nSPS) is 10.8. The second-order valence-electron chi connectivity index (χ2n) is 3.33. The van der Waals surface area contributed by atoms with Crippen LogP contribution in [0.1, 0.15) is 5.56 Å². The zero-order chi connectivity index (χ0) is 14.6. The van der Waals surface area contributed by atoms with Gasteiger partial charge in [-0.05, 0) is 12.5 Å². The summed E-state index contributed by atoms with van der Waals surface area (Å²) in [5.74, 6) is -0.901. The van der Waals surface area contributed by atoms with Gasteiger partial charge in [-0.15, -0.1) is 13.2 Å². The first kappa shape index (κ1) is 14.9. The van der Waals surface area contributed by atoms with Crippen LogP contribution in [-0.2, 0) is 4.74 Å². The Morgan fingerprint density at radius 3 is 2.47 bits per heavy atom. The van der Waals surface area contributed by atoms with Crippen molar-refractivity contribution in [3.8, 4) is 11.8 Å². The Labute approximate surface area is 106 Å². The molecule has 0 aromatic carbocycles. The quantitative estimate of drug-likeness (QED) is 0.921. The first-order valence-electron chi connectivity index (χ1n) is 4.93. The largest absolute Gasteiger partial charge is 0.574 e. The summed E-state index contributed by atoms with van der Waals surface area (Å²) in [6.07, 6.45) is -5.89. The molecule has 6 nitrogen and oxygen atoms in total. The maximum absolute atomic E-state index is 12.3. The monoisotopic (exact) mass is 280 g/mol. The minimum atomic E-state index is -4.95. The highest BCUT2D eigenvalue weighted by molar-refractivity contribution is 5.87. The fourth-order valence-electron chi connectivity index (χ4n) is 1.21. The molecule has 0 radical (unpaired) electrons. The van der Waals surface area contributed by atoms with Gasteiger partial charge in [0, 0.05) is 6.07 Å². The third-order valence-corrected chi connectivity index (χ3v) is 1.99. The lowest BCUT2D eigenvalue weighted by atomic mass is 10.2. The van der Waals surface area contributed by atoms with Crippen LogP contribution < -0.4 is 14.8 Å². The number of nitrogens with zero attached hydrogens (tertiary/aromatic N) is 1. The number of carbonyl (C=O) groups is 1. The highest BCUT2D eigenvalue weighted by atomic mass is 19.4. The number of methoxy groups -OCH3 is 2. The average Bonchev–Trinajstić information content (AvgIpc) is 2.30. The minimum Gasteiger partial charge on any atom is -0.481 e. The number of rotatable bonds is 3. The molecule has 0 aliphatic carbocycles. The molecule has 0 aliphatic rings. The van der Waals surface area contributed by atoms with Crippen LogP contribution in [0.4, 0.5) is 23.7 Å². The predicted octanol–water partition coefficient (Wildman–Crippen LogP) is 2.48. The van der Waals surface area contributed by atoms with Gasteiger partial charge in [-0.1, -0.05) is 0 Å². The smallest absolute Gasteiger partial charge is 0.481 e. The molecule has 1 aromatic rings. The van der Waals surface area contributed by atoms with Gasteiger partial charge in [0.25, 0.3) is 0 Å². The summed E-state index contributed by atoms with van der Waals surface area (Å²) in [6.45, 7) is 1.46. The molecule has 0 atom stereocenters. The van der Waals surface area contributed by atoms with Crippen molar-refractivity contribution in [2.75, 3.05) is 19.5 Å². The van der Waals surface area contributed by atoms with Crippen LogP contribution in [0, 0.1) is 6.92 Å². The molecule has 0 bridgehead atoms. The number of hydrogen-bond donors (Lipinski definition) is 1. The molecular formula is C10H11F3N2O4. The van der Waals surface area contributed by atoms with Gasteiger partial charge >= 0.3 is 12.5 Å². The lowest BCUT2D eigenvalue weighted by molar-refractivity contribution is -0.275. The van der Waals surface area contributed by atoms with Crippen molar-refractivity contribution in [1.82, 2.24) is 4.98 Å². The maximum Gasteiger partial charge on any atom is 0.574 e. The van der Waals surface area contributed by atoms with Crippen LogP contribution in [-0.4, -0.2) is 31.7 Å². The summed E-state index contributed by atoms with van der Waals surface area (Å²) in [7, 11) is 2.32. The van der Waals surface area contributed by atoms with Gasteiger partial charge < -0.3 is 14.2 Å². The summed E-state index contributed by atoms with van der Waals surface area (Å²) in [5, 5.41) is 2.10. The average molecular weight is 280 g/mol. The Balaban J connectivity index is 3.21. The second kappa shape index (κ2) is 5.63. The molecule has 1 amide bonds. The molecule has 0 aliphatic heterocycles. The second-order valence-corrected chi connectivity index (χ2v) is 3.33. The molecule has 1 N–H and O–H groups in total. The predicted molar refractivity (Wildman–Crippen MR) is 58.2 cm³/mol. The standard InChI is InChI=1S/C10H11F3N2O4/c1-5-4-6(17-2)14-8(19-10(11,12)13)7(5)15-9(16)18-3/h4H,1-3H3,(H,15,16). The van der Waals surface area contributed by atoms with Crippen molar-refractivity contribution < 1.29 is 32.2 Å². The summed E-state index contributed by atoms with van der Waals surface area (Å²) in [5.41, 5.74) is 0.0291. The Kier molecular flexibility index (Phi) is 4.41. The molecule has 0 saturated heterocycles. The summed E-state index contributed by atoms with van der Waals surface area (Å²) < 4.78 is 49.6. The summed E-state index contributed by atoms with van der Waals surface area (Å²) in [6, 6.07) is 1.34. The number of alkyl halides is 3. The van der Waals surface area contributed by atoms with Gasteiger partial charge in [0.05, 0.1) is 14.2 Å². The van der Waals surface area contributed by atoms with Crippen LogP contribution in [0.25, 0.3) is 0 Å². The third kappa shape index (κ3) is 4.19. The van der Waals surface area contributed by atoms with E-state index in [1.807, 2.05) is 0 Å². The van der Waals surface area contributed by atoms with Crippen molar-refractivity contribution in [2.45, 2.75) is 13.3 Å². The van der Waals surface area contributed by atoms with Crippen LogP contribution in [0.5, 0.6) is 11.8 Å². The van der Waals surface area contributed by atoms with Crippen LogP contribution in [0.3, 0.4) is 0 Å². The number of anilines is 1. The van der Waals surface area contributed by atoms with Crippen molar-refractivity contribution in [1.29, 1.82) is 0 Å². The topological polar surface area (TPSA) is 69.7 Å². The fourth-order valence-corrected chi connectivity index (χ4v) is 1.21. The molecule has 106 valence electrons. The molecule has 0 saturated carbocycles. The van der Waals surface area contributed by atoms with E-state index in [0.717, 1.165) is 7.11 Å². The fraction of sp³-hybridized carbons (Fsp3) is 0.400. The molecular weight excluding hydrogens is 269 g/mol. The van der Waals surface area contributed by atoms with Gasteiger partial charge in [-0.25, -0.2) is 4.79 Å². The van der Waals surface area contributed by atoms with E-state index in [-0.39, 0.29) is 17.1 Å². The van der Waals surface area contributed by atoms with Gasteiger partial charge in [0.15, 0.2) is 0 Å². The van der Waals surface area contributed by atoms with E-state index in [0.29, 0.717) is 0 Å². The van der Waals surface area contributed by atoms with E-state index in [4.69, 9.17) is 4.74 Å². The molecule has 1 heterocycles. The molecule has 0 spiro atoms. The number of ether oxygens (including phenoxy) is 3. The molecule has 9 heteroatoms. The van der Waals surface area contributed by atoms with Crippen molar-refractivity contribution in [3.05, 3.63) is 11.6 Å². The van der Waals surface area contributed by atoms with Gasteiger partial charge in [-0.2, -0.15) is 4.98 Å². The first-order valence-corrected chi connectivity index (χ1v) is 4.93. The molecule has 19 heavy (non-hydrogen) atoms. The highest BCUT2D eigenvalue weighted by Crippen LogP contribution is 2.33. The minimum absolute atomic E-state index is 0.0767. The molecule has 0 unspecified atom stereocenters. The van der Waals surface area contributed by atoms with E-state index in [2.05, 4.69) is 19.8 Å². The lowest BCUT2D eigenvalue weighted by Crippen LogP contribution is -2.21. The Hall–Kier alpha value is -2.19. The molecule has 1 rings (SSSR count). The zero-order valence-corrected chi connectivity index (χ0v) is 10.3.